The van der Waals surface area contributed by atoms with E-state index in [0.29, 0.717) is 5.56 Å². The number of ether oxygens (including phenoxy) is 1. The number of benzene rings is 1. The van der Waals surface area contributed by atoms with Gasteiger partial charge in [0.2, 0.25) is 0 Å². The zero-order valence-electron chi connectivity index (χ0n) is 12.6. The quantitative estimate of drug-likeness (QED) is 0.801. The van der Waals surface area contributed by atoms with Crippen LogP contribution in [0, 0.1) is 0 Å². The summed E-state index contributed by atoms with van der Waals surface area (Å²) in [5.41, 5.74) is 0.201. The Morgan fingerprint density at radius 3 is 2.54 bits per heavy atom. The molecule has 9 heteroatoms. The normalized spacial score (nSPS) is 16.2. The van der Waals surface area contributed by atoms with E-state index in [1.807, 2.05) is 5.32 Å². The molecule has 1 heterocycles. The Morgan fingerprint density at radius 2 is 1.96 bits per heavy atom. The number of carbonyl (C=O) groups is 1. The molecular formula is C15H17F5N2O2. The molecule has 2 rings (SSSR count). The largest absolute Gasteiger partial charge is 0.573 e. The molecule has 1 aromatic rings. The Labute approximate surface area is 135 Å². The molecule has 0 radical (unpaired) electrons. The van der Waals surface area contributed by atoms with Crippen LogP contribution >= 0.6 is 0 Å². The first-order chi connectivity index (χ1) is 11.3. The van der Waals surface area contributed by atoms with Crippen molar-refractivity contribution >= 4 is 5.91 Å². The van der Waals surface area contributed by atoms with Gasteiger partial charge in [-0.3, -0.25) is 4.79 Å². The lowest BCUT2D eigenvalue weighted by Gasteiger charge is -2.24. The van der Waals surface area contributed by atoms with E-state index in [9.17, 15) is 26.7 Å². The van der Waals surface area contributed by atoms with Crippen molar-refractivity contribution in [2.75, 3.05) is 19.6 Å². The van der Waals surface area contributed by atoms with Gasteiger partial charge in [0.15, 0.2) is 0 Å². The van der Waals surface area contributed by atoms with Gasteiger partial charge in [-0.2, -0.15) is 0 Å². The van der Waals surface area contributed by atoms with E-state index in [-0.39, 0.29) is 5.92 Å². The van der Waals surface area contributed by atoms with Crippen LogP contribution < -0.4 is 15.4 Å². The minimum Gasteiger partial charge on any atom is -0.405 e. The molecule has 0 atom stereocenters. The maximum atomic E-state index is 12.6. The summed E-state index contributed by atoms with van der Waals surface area (Å²) in [6.45, 7) is 0.549. The van der Waals surface area contributed by atoms with Gasteiger partial charge in [-0.15, -0.1) is 13.2 Å². The predicted octanol–water partition coefficient (Wildman–Crippen LogP) is 3.05. The van der Waals surface area contributed by atoms with Crippen LogP contribution in [-0.2, 0) is 0 Å². The van der Waals surface area contributed by atoms with E-state index in [2.05, 4.69) is 10.1 Å². The molecule has 1 amide bonds. The Bertz CT molecular complexity index is 571. The fourth-order valence-corrected chi connectivity index (χ4v) is 2.61. The summed E-state index contributed by atoms with van der Waals surface area (Å²) in [6.07, 6.45) is -6.27. The summed E-state index contributed by atoms with van der Waals surface area (Å²) in [6, 6.07) is 3.89. The second kappa shape index (κ2) is 7.78. The molecule has 1 saturated heterocycles. The molecule has 4 nitrogen and oxygen atoms in total. The molecule has 134 valence electrons. The van der Waals surface area contributed by atoms with Crippen LogP contribution in [0.15, 0.2) is 18.2 Å². The molecule has 0 bridgehead atoms. The van der Waals surface area contributed by atoms with Gasteiger partial charge in [0.1, 0.15) is 5.75 Å². The van der Waals surface area contributed by atoms with E-state index >= 15 is 0 Å². The van der Waals surface area contributed by atoms with Crippen molar-refractivity contribution < 1.29 is 31.5 Å². The average Bonchev–Trinajstić information content (AvgIpc) is 2.52. The Kier molecular flexibility index (Phi) is 5.98. The van der Waals surface area contributed by atoms with Crippen molar-refractivity contribution in [2.24, 2.45) is 0 Å². The van der Waals surface area contributed by atoms with Crippen molar-refractivity contribution in [3.05, 3.63) is 29.3 Å². The molecule has 1 fully saturated rings. The maximum Gasteiger partial charge on any atom is 0.573 e. The van der Waals surface area contributed by atoms with Gasteiger partial charge in [0.05, 0.1) is 12.1 Å². The number of hydrogen-bond acceptors (Lipinski definition) is 3. The highest BCUT2D eigenvalue weighted by atomic mass is 19.4. The van der Waals surface area contributed by atoms with Crippen molar-refractivity contribution in [3.8, 4) is 5.75 Å². The van der Waals surface area contributed by atoms with Gasteiger partial charge in [0.25, 0.3) is 12.3 Å². The van der Waals surface area contributed by atoms with E-state index < -0.39 is 36.6 Å². The van der Waals surface area contributed by atoms with Gasteiger partial charge >= 0.3 is 6.36 Å². The number of rotatable bonds is 5. The van der Waals surface area contributed by atoms with Crippen molar-refractivity contribution in [1.82, 2.24) is 10.6 Å². The summed E-state index contributed by atoms with van der Waals surface area (Å²) in [5, 5.41) is 5.03. The first-order valence-corrected chi connectivity index (χ1v) is 7.43. The lowest BCUT2D eigenvalue weighted by atomic mass is 9.89. The average molecular weight is 352 g/mol. The van der Waals surface area contributed by atoms with Gasteiger partial charge in [-0.05, 0) is 49.5 Å². The lowest BCUT2D eigenvalue weighted by molar-refractivity contribution is -0.274. The predicted molar refractivity (Wildman–Crippen MR) is 76.3 cm³/mol. The Balaban J connectivity index is 2.26. The van der Waals surface area contributed by atoms with Crippen molar-refractivity contribution in [1.29, 1.82) is 0 Å². The summed E-state index contributed by atoms with van der Waals surface area (Å²) in [5.74, 6) is -1.66. The monoisotopic (exact) mass is 352 g/mol. The summed E-state index contributed by atoms with van der Waals surface area (Å²) < 4.78 is 66.0. The number of alkyl halides is 5. The number of nitrogens with one attached hydrogen (secondary N) is 2. The van der Waals surface area contributed by atoms with E-state index in [0.717, 1.165) is 25.9 Å². The standard InChI is InChI=1S/C15H17F5N2O2/c16-13(17)8-22-14(23)11-2-1-10(9-3-5-21-6-4-9)7-12(11)24-15(18,19)20/h1-2,7,9,13,21H,3-6,8H2,(H,22,23). The highest BCUT2D eigenvalue weighted by Crippen LogP contribution is 2.33. The number of hydrogen-bond donors (Lipinski definition) is 2. The molecule has 0 aromatic heterocycles. The maximum absolute atomic E-state index is 12.6. The third kappa shape index (κ3) is 5.33. The van der Waals surface area contributed by atoms with Crippen LogP contribution in [0.25, 0.3) is 0 Å². The molecule has 0 unspecified atom stereocenters. The highest BCUT2D eigenvalue weighted by molar-refractivity contribution is 5.97. The zero-order valence-corrected chi connectivity index (χ0v) is 12.6. The summed E-state index contributed by atoms with van der Waals surface area (Å²) >= 11 is 0. The van der Waals surface area contributed by atoms with Crippen molar-refractivity contribution in [2.45, 2.75) is 31.5 Å². The molecule has 2 N–H and O–H groups in total. The second-order valence-corrected chi connectivity index (χ2v) is 5.43. The topological polar surface area (TPSA) is 50.4 Å². The Morgan fingerprint density at radius 1 is 1.29 bits per heavy atom. The molecule has 1 aromatic carbocycles. The van der Waals surface area contributed by atoms with Gasteiger partial charge in [-0.25, -0.2) is 8.78 Å². The number of piperidine rings is 1. The van der Waals surface area contributed by atoms with E-state index in [4.69, 9.17) is 0 Å². The zero-order chi connectivity index (χ0) is 17.7. The molecule has 1 aliphatic rings. The number of carbonyl (C=O) groups excluding carboxylic acids is 1. The molecule has 0 spiro atoms. The lowest BCUT2D eigenvalue weighted by Crippen LogP contribution is -2.30. The minimum absolute atomic E-state index is 0.0556. The summed E-state index contributed by atoms with van der Waals surface area (Å²) in [4.78, 5) is 11.8. The highest BCUT2D eigenvalue weighted by Gasteiger charge is 2.33. The Hall–Kier alpha value is -1.90. The third-order valence-electron chi connectivity index (χ3n) is 3.70. The smallest absolute Gasteiger partial charge is 0.405 e. The first-order valence-electron chi connectivity index (χ1n) is 7.43. The molecule has 24 heavy (non-hydrogen) atoms. The minimum atomic E-state index is -4.98. The van der Waals surface area contributed by atoms with E-state index in [1.165, 1.54) is 18.2 Å². The second-order valence-electron chi connectivity index (χ2n) is 5.43. The molecule has 1 aliphatic heterocycles. The van der Waals surface area contributed by atoms with Crippen LogP contribution in [0.5, 0.6) is 5.75 Å². The van der Waals surface area contributed by atoms with Crippen LogP contribution in [-0.4, -0.2) is 38.3 Å². The fraction of sp³-hybridized carbons (Fsp3) is 0.533. The fourth-order valence-electron chi connectivity index (χ4n) is 2.61. The number of halogens is 5. The van der Waals surface area contributed by atoms with Gasteiger partial charge in [0, 0.05) is 0 Å². The summed E-state index contributed by atoms with van der Waals surface area (Å²) in [7, 11) is 0. The van der Waals surface area contributed by atoms with Gasteiger partial charge < -0.3 is 15.4 Å². The first kappa shape index (κ1) is 18.4. The van der Waals surface area contributed by atoms with Crippen LogP contribution in [0.2, 0.25) is 0 Å². The number of amides is 1. The van der Waals surface area contributed by atoms with Gasteiger partial charge in [-0.1, -0.05) is 6.07 Å². The molecule has 0 saturated carbocycles. The van der Waals surface area contributed by atoms with Crippen LogP contribution in [0.4, 0.5) is 22.0 Å². The third-order valence-corrected chi connectivity index (χ3v) is 3.70. The SMILES string of the molecule is O=C(NCC(F)F)c1ccc(C2CCNCC2)cc1OC(F)(F)F. The van der Waals surface area contributed by atoms with Crippen LogP contribution in [0.3, 0.4) is 0 Å². The molecule has 0 aliphatic carbocycles. The molecular weight excluding hydrogens is 335 g/mol. The van der Waals surface area contributed by atoms with Crippen LogP contribution in [0.1, 0.15) is 34.7 Å². The van der Waals surface area contributed by atoms with E-state index in [1.54, 1.807) is 0 Å². The van der Waals surface area contributed by atoms with Crippen molar-refractivity contribution in [3.63, 3.8) is 0 Å².